The van der Waals surface area contributed by atoms with Crippen molar-refractivity contribution in [2.24, 2.45) is 0 Å². The van der Waals surface area contributed by atoms with Gasteiger partial charge in [0.2, 0.25) is 15.9 Å². The molecule has 1 amide bonds. The largest absolute Gasteiger partial charge is 0.416 e. The van der Waals surface area contributed by atoms with Gasteiger partial charge in [-0.05, 0) is 18.2 Å². The molecule has 0 aliphatic carbocycles. The molecule has 1 heterocycles. The topological polar surface area (TPSA) is 66.9 Å². The number of anilines is 1. The number of amides is 1. The van der Waals surface area contributed by atoms with E-state index >= 15 is 0 Å². The summed E-state index contributed by atoms with van der Waals surface area (Å²) in [5.41, 5.74) is -1.18. The van der Waals surface area contributed by atoms with Crippen molar-refractivity contribution in [2.45, 2.75) is 6.18 Å². The quantitative estimate of drug-likeness (QED) is 0.806. The van der Waals surface area contributed by atoms with Gasteiger partial charge in [-0.2, -0.15) is 13.2 Å². The van der Waals surface area contributed by atoms with Crippen LogP contribution in [0.4, 0.5) is 18.9 Å². The number of alkyl halides is 3. The molecule has 134 valence electrons. The number of carbonyl (C=O) groups excluding carboxylic acids is 1. The Balaban J connectivity index is 2.28. The minimum absolute atomic E-state index is 0.200. The average molecular weight is 366 g/mol. The number of carbonyl (C=O) groups is 1. The van der Waals surface area contributed by atoms with Gasteiger partial charge in [0.25, 0.3) is 0 Å². The molecular formula is C14H17F3N2O4S. The second kappa shape index (κ2) is 6.98. The number of hydrogen-bond acceptors (Lipinski definition) is 4. The lowest BCUT2D eigenvalue weighted by molar-refractivity contribution is -0.137. The second-order valence-corrected chi connectivity index (χ2v) is 7.22. The molecule has 1 fully saturated rings. The zero-order chi connectivity index (χ0) is 18.0. The first-order valence-electron chi connectivity index (χ1n) is 7.09. The maximum atomic E-state index is 12.8. The molecule has 0 aromatic heterocycles. The molecule has 1 aliphatic rings. The number of rotatable bonds is 4. The fourth-order valence-electron chi connectivity index (χ4n) is 2.27. The molecule has 1 aromatic carbocycles. The van der Waals surface area contributed by atoms with Crippen molar-refractivity contribution in [3.63, 3.8) is 0 Å². The Morgan fingerprint density at radius 1 is 1.29 bits per heavy atom. The molecule has 24 heavy (non-hydrogen) atoms. The standard InChI is InChI=1S/C14H17F3N2O4S/c1-24(21,22)19(10-13(20)18-5-7-23-8-6-18)12-4-2-3-11(9-12)14(15,16)17/h2-4,9H,5-8,10H2,1H3. The molecule has 0 atom stereocenters. The summed E-state index contributed by atoms with van der Waals surface area (Å²) in [7, 11) is -3.93. The third-order valence-electron chi connectivity index (χ3n) is 3.50. The molecule has 1 aromatic rings. The van der Waals surface area contributed by atoms with Crippen LogP contribution in [-0.2, 0) is 25.7 Å². The van der Waals surface area contributed by atoms with Crippen molar-refractivity contribution in [1.29, 1.82) is 0 Å². The maximum absolute atomic E-state index is 12.8. The first-order valence-corrected chi connectivity index (χ1v) is 8.94. The van der Waals surface area contributed by atoms with E-state index in [2.05, 4.69) is 0 Å². The fraction of sp³-hybridized carbons (Fsp3) is 0.500. The van der Waals surface area contributed by atoms with Crippen molar-refractivity contribution < 1.29 is 31.1 Å². The van der Waals surface area contributed by atoms with E-state index in [1.54, 1.807) is 0 Å². The highest BCUT2D eigenvalue weighted by Gasteiger charge is 2.32. The molecule has 0 bridgehead atoms. The van der Waals surface area contributed by atoms with Crippen LogP contribution in [0.2, 0.25) is 0 Å². The summed E-state index contributed by atoms with van der Waals surface area (Å²) in [5, 5.41) is 0. The first kappa shape index (κ1) is 18.5. The third-order valence-corrected chi connectivity index (χ3v) is 4.65. The van der Waals surface area contributed by atoms with Crippen molar-refractivity contribution in [3.05, 3.63) is 29.8 Å². The third kappa shape index (κ3) is 4.60. The van der Waals surface area contributed by atoms with Crippen molar-refractivity contribution in [3.8, 4) is 0 Å². The number of morpholine rings is 1. The van der Waals surface area contributed by atoms with Gasteiger partial charge in [0, 0.05) is 13.1 Å². The summed E-state index contributed by atoms with van der Waals surface area (Å²) in [5.74, 6) is -0.485. The normalized spacial score (nSPS) is 16.1. The lowest BCUT2D eigenvalue weighted by atomic mass is 10.2. The molecule has 1 aliphatic heterocycles. The van der Waals surface area contributed by atoms with E-state index in [0.29, 0.717) is 36.7 Å². The van der Waals surface area contributed by atoms with Gasteiger partial charge in [0.05, 0.1) is 30.7 Å². The highest BCUT2D eigenvalue weighted by Crippen LogP contribution is 2.32. The van der Waals surface area contributed by atoms with E-state index in [1.165, 1.54) is 11.0 Å². The Hall–Kier alpha value is -1.81. The number of ether oxygens (including phenoxy) is 1. The van der Waals surface area contributed by atoms with Gasteiger partial charge < -0.3 is 9.64 Å². The van der Waals surface area contributed by atoms with Crippen LogP contribution in [0.1, 0.15) is 5.56 Å². The van der Waals surface area contributed by atoms with Crippen LogP contribution >= 0.6 is 0 Å². The molecule has 0 spiro atoms. The minimum atomic E-state index is -4.60. The van der Waals surface area contributed by atoms with E-state index in [9.17, 15) is 26.4 Å². The van der Waals surface area contributed by atoms with E-state index < -0.39 is 34.2 Å². The number of benzene rings is 1. The summed E-state index contributed by atoms with van der Waals surface area (Å²) < 4.78 is 68.2. The van der Waals surface area contributed by atoms with Gasteiger partial charge >= 0.3 is 6.18 Å². The van der Waals surface area contributed by atoms with Crippen LogP contribution in [0.3, 0.4) is 0 Å². The van der Waals surface area contributed by atoms with Gasteiger partial charge in [-0.1, -0.05) is 6.07 Å². The number of hydrogen-bond donors (Lipinski definition) is 0. The predicted octanol–water partition coefficient (Wildman–Crippen LogP) is 1.33. The molecular weight excluding hydrogens is 349 g/mol. The van der Waals surface area contributed by atoms with Gasteiger partial charge in [-0.3, -0.25) is 9.10 Å². The van der Waals surface area contributed by atoms with Gasteiger partial charge in [0.1, 0.15) is 6.54 Å². The molecule has 0 radical (unpaired) electrons. The monoisotopic (exact) mass is 366 g/mol. The molecule has 6 nitrogen and oxygen atoms in total. The lowest BCUT2D eigenvalue weighted by Gasteiger charge is -2.30. The Morgan fingerprint density at radius 3 is 2.46 bits per heavy atom. The highest BCUT2D eigenvalue weighted by molar-refractivity contribution is 7.92. The Bertz CT molecular complexity index is 700. The minimum Gasteiger partial charge on any atom is -0.378 e. The summed E-state index contributed by atoms with van der Waals surface area (Å²) >= 11 is 0. The van der Waals surface area contributed by atoms with Gasteiger partial charge in [-0.15, -0.1) is 0 Å². The SMILES string of the molecule is CS(=O)(=O)N(CC(=O)N1CCOCC1)c1cccc(C(F)(F)F)c1. The molecule has 10 heteroatoms. The Labute approximate surface area is 137 Å². The number of sulfonamides is 1. The first-order chi connectivity index (χ1) is 11.1. The average Bonchev–Trinajstić information content (AvgIpc) is 2.51. The van der Waals surface area contributed by atoms with Crippen LogP contribution < -0.4 is 4.31 Å². The summed E-state index contributed by atoms with van der Waals surface area (Å²) in [4.78, 5) is 13.7. The van der Waals surface area contributed by atoms with E-state index in [-0.39, 0.29) is 5.69 Å². The lowest BCUT2D eigenvalue weighted by Crippen LogP contribution is -2.47. The predicted molar refractivity (Wildman–Crippen MR) is 81.0 cm³/mol. The van der Waals surface area contributed by atoms with Crippen molar-refractivity contribution in [2.75, 3.05) is 43.4 Å². The summed E-state index contributed by atoms with van der Waals surface area (Å²) in [6.45, 7) is 0.764. The summed E-state index contributed by atoms with van der Waals surface area (Å²) in [6, 6.07) is 3.89. The highest BCUT2D eigenvalue weighted by atomic mass is 32.2. The molecule has 0 unspecified atom stereocenters. The van der Waals surface area contributed by atoms with Crippen LogP contribution in [-0.4, -0.2) is 58.3 Å². The zero-order valence-electron chi connectivity index (χ0n) is 12.9. The molecule has 0 N–H and O–H groups in total. The fourth-order valence-corrected chi connectivity index (χ4v) is 3.11. The van der Waals surface area contributed by atoms with Crippen LogP contribution in [0.25, 0.3) is 0 Å². The van der Waals surface area contributed by atoms with Crippen molar-refractivity contribution >= 4 is 21.6 Å². The molecule has 2 rings (SSSR count). The zero-order valence-corrected chi connectivity index (χ0v) is 13.7. The van der Waals surface area contributed by atoms with Crippen molar-refractivity contribution in [1.82, 2.24) is 4.90 Å². The van der Waals surface area contributed by atoms with E-state index in [0.717, 1.165) is 18.4 Å². The van der Waals surface area contributed by atoms with E-state index in [1.807, 2.05) is 0 Å². The smallest absolute Gasteiger partial charge is 0.378 e. The number of halogens is 3. The molecule has 0 saturated carbocycles. The molecule has 1 saturated heterocycles. The van der Waals surface area contributed by atoms with Crippen LogP contribution in [0.15, 0.2) is 24.3 Å². The van der Waals surface area contributed by atoms with Gasteiger partial charge in [0.15, 0.2) is 0 Å². The Kier molecular flexibility index (Phi) is 5.38. The van der Waals surface area contributed by atoms with Crippen LogP contribution in [0, 0.1) is 0 Å². The van der Waals surface area contributed by atoms with Crippen LogP contribution in [0.5, 0.6) is 0 Å². The van der Waals surface area contributed by atoms with E-state index in [4.69, 9.17) is 4.74 Å². The Morgan fingerprint density at radius 2 is 1.92 bits per heavy atom. The number of nitrogens with zero attached hydrogens (tertiary/aromatic N) is 2. The summed E-state index contributed by atoms with van der Waals surface area (Å²) in [6.07, 6.45) is -3.76. The second-order valence-electron chi connectivity index (χ2n) is 5.31. The van der Waals surface area contributed by atoms with Gasteiger partial charge in [-0.25, -0.2) is 8.42 Å². The maximum Gasteiger partial charge on any atom is 0.416 e.